The Bertz CT molecular complexity index is 239. The summed E-state index contributed by atoms with van der Waals surface area (Å²) in [5, 5.41) is 3.55. The van der Waals surface area contributed by atoms with Gasteiger partial charge in [0.15, 0.2) is 0 Å². The van der Waals surface area contributed by atoms with Gasteiger partial charge in [-0.25, -0.2) is 0 Å². The van der Waals surface area contributed by atoms with Crippen LogP contribution in [0.15, 0.2) is 0 Å². The molecule has 2 atom stereocenters. The third-order valence-corrected chi connectivity index (χ3v) is 3.45. The van der Waals surface area contributed by atoms with Crippen LogP contribution in [0.1, 0.15) is 32.6 Å². The van der Waals surface area contributed by atoms with E-state index in [0.29, 0.717) is 18.0 Å². The molecule has 0 radical (unpaired) electrons. The molecule has 0 bridgehead atoms. The molecule has 2 heterocycles. The zero-order chi connectivity index (χ0) is 11.4. The van der Waals surface area contributed by atoms with Crippen LogP contribution in [0.2, 0.25) is 0 Å². The topological polar surface area (TPSA) is 41.6 Å². The lowest BCUT2D eigenvalue weighted by molar-refractivity contribution is -0.127. The van der Waals surface area contributed by atoms with Gasteiger partial charge in [0.25, 0.3) is 0 Å². The van der Waals surface area contributed by atoms with Gasteiger partial charge in [-0.05, 0) is 26.2 Å². The molecule has 2 fully saturated rings. The van der Waals surface area contributed by atoms with E-state index in [4.69, 9.17) is 4.74 Å². The zero-order valence-corrected chi connectivity index (χ0v) is 10.1. The van der Waals surface area contributed by atoms with Crippen molar-refractivity contribution in [3.8, 4) is 0 Å². The third-order valence-electron chi connectivity index (χ3n) is 3.45. The standard InChI is InChI=1S/C12H22N2O2/c1-10(13-11-5-8-16-9-11)4-7-14-6-2-3-12(14)15/h10-11,13H,2-9H2,1H3. The molecule has 0 saturated carbocycles. The molecule has 0 aromatic heterocycles. The average molecular weight is 226 g/mol. The summed E-state index contributed by atoms with van der Waals surface area (Å²) >= 11 is 0. The number of carbonyl (C=O) groups is 1. The number of rotatable bonds is 5. The summed E-state index contributed by atoms with van der Waals surface area (Å²) in [6, 6.07) is 0.990. The first-order valence-corrected chi connectivity index (χ1v) is 6.37. The van der Waals surface area contributed by atoms with Crippen LogP contribution in [0.25, 0.3) is 0 Å². The van der Waals surface area contributed by atoms with E-state index in [1.807, 2.05) is 4.90 Å². The summed E-state index contributed by atoms with van der Waals surface area (Å²) in [7, 11) is 0. The maximum absolute atomic E-state index is 11.4. The second-order valence-electron chi connectivity index (χ2n) is 4.90. The Hall–Kier alpha value is -0.610. The zero-order valence-electron chi connectivity index (χ0n) is 10.1. The number of ether oxygens (including phenoxy) is 1. The van der Waals surface area contributed by atoms with Gasteiger partial charge in [-0.3, -0.25) is 4.79 Å². The van der Waals surface area contributed by atoms with Gasteiger partial charge in [0.05, 0.1) is 6.61 Å². The quantitative estimate of drug-likeness (QED) is 0.752. The predicted molar refractivity (Wildman–Crippen MR) is 62.3 cm³/mol. The van der Waals surface area contributed by atoms with Crippen molar-refractivity contribution in [2.24, 2.45) is 0 Å². The maximum atomic E-state index is 11.4. The minimum absolute atomic E-state index is 0.330. The molecule has 1 N–H and O–H groups in total. The molecule has 0 aromatic rings. The first kappa shape index (κ1) is 11.9. The molecule has 0 spiro atoms. The van der Waals surface area contributed by atoms with Crippen molar-refractivity contribution in [1.82, 2.24) is 10.2 Å². The first-order chi connectivity index (χ1) is 7.75. The molecule has 1 amide bonds. The van der Waals surface area contributed by atoms with Crippen LogP contribution < -0.4 is 5.32 Å². The lowest BCUT2D eigenvalue weighted by atomic mass is 10.1. The summed E-state index contributed by atoms with van der Waals surface area (Å²) in [6.45, 7) is 5.78. The number of hydrogen-bond donors (Lipinski definition) is 1. The van der Waals surface area contributed by atoms with Gasteiger partial charge in [-0.15, -0.1) is 0 Å². The summed E-state index contributed by atoms with van der Waals surface area (Å²) in [5.74, 6) is 0.330. The second-order valence-corrected chi connectivity index (χ2v) is 4.90. The predicted octanol–water partition coefficient (Wildman–Crippen LogP) is 0.766. The van der Waals surface area contributed by atoms with Crippen LogP contribution in [0.4, 0.5) is 0 Å². The molecule has 2 aliphatic heterocycles. The molecule has 2 rings (SSSR count). The number of hydrogen-bond acceptors (Lipinski definition) is 3. The minimum atomic E-state index is 0.330. The van der Waals surface area contributed by atoms with E-state index < -0.39 is 0 Å². The molecule has 2 aliphatic rings. The van der Waals surface area contributed by atoms with Crippen LogP contribution in [0.5, 0.6) is 0 Å². The van der Waals surface area contributed by atoms with Crippen LogP contribution in [0, 0.1) is 0 Å². The Kier molecular flexibility index (Phi) is 4.18. The molecular weight excluding hydrogens is 204 g/mol. The van der Waals surface area contributed by atoms with E-state index >= 15 is 0 Å². The third kappa shape index (κ3) is 3.19. The summed E-state index contributed by atoms with van der Waals surface area (Å²) in [5.41, 5.74) is 0. The molecule has 16 heavy (non-hydrogen) atoms. The maximum Gasteiger partial charge on any atom is 0.222 e. The molecule has 2 unspecified atom stereocenters. The van der Waals surface area contributed by atoms with Crippen molar-refractivity contribution in [3.63, 3.8) is 0 Å². The lowest BCUT2D eigenvalue weighted by Crippen LogP contribution is -2.39. The summed E-state index contributed by atoms with van der Waals surface area (Å²) < 4.78 is 5.33. The van der Waals surface area contributed by atoms with Gasteiger partial charge >= 0.3 is 0 Å². The van der Waals surface area contributed by atoms with Crippen molar-refractivity contribution in [2.75, 3.05) is 26.3 Å². The SMILES string of the molecule is CC(CCN1CCCC1=O)NC1CCOC1. The fourth-order valence-corrected chi connectivity index (χ4v) is 2.44. The number of nitrogens with zero attached hydrogens (tertiary/aromatic N) is 1. The number of nitrogens with one attached hydrogen (secondary N) is 1. The Balaban J connectivity index is 1.63. The fraction of sp³-hybridized carbons (Fsp3) is 0.917. The van der Waals surface area contributed by atoms with Crippen molar-refractivity contribution < 1.29 is 9.53 Å². The highest BCUT2D eigenvalue weighted by Crippen LogP contribution is 2.11. The Morgan fingerprint density at radius 1 is 1.62 bits per heavy atom. The van der Waals surface area contributed by atoms with E-state index in [1.165, 1.54) is 0 Å². The highest BCUT2D eigenvalue weighted by atomic mass is 16.5. The first-order valence-electron chi connectivity index (χ1n) is 6.37. The lowest BCUT2D eigenvalue weighted by Gasteiger charge is -2.21. The molecular formula is C12H22N2O2. The summed E-state index contributed by atoms with van der Waals surface area (Å²) in [4.78, 5) is 13.4. The number of carbonyl (C=O) groups excluding carboxylic acids is 1. The second kappa shape index (κ2) is 5.64. The number of amides is 1. The average Bonchev–Trinajstić information content (AvgIpc) is 2.87. The van der Waals surface area contributed by atoms with E-state index in [0.717, 1.165) is 52.0 Å². The van der Waals surface area contributed by atoms with Crippen molar-refractivity contribution in [3.05, 3.63) is 0 Å². The summed E-state index contributed by atoms with van der Waals surface area (Å²) in [6.07, 6.45) is 3.95. The fourth-order valence-electron chi connectivity index (χ4n) is 2.44. The van der Waals surface area contributed by atoms with Gasteiger partial charge in [0.1, 0.15) is 0 Å². The number of likely N-dealkylation sites (tertiary alicyclic amines) is 1. The van der Waals surface area contributed by atoms with Gasteiger partial charge in [0.2, 0.25) is 5.91 Å². The van der Waals surface area contributed by atoms with Crippen LogP contribution in [-0.2, 0) is 9.53 Å². The van der Waals surface area contributed by atoms with Gasteiger partial charge in [-0.1, -0.05) is 0 Å². The van der Waals surface area contributed by atoms with E-state index in [2.05, 4.69) is 12.2 Å². The van der Waals surface area contributed by atoms with Gasteiger partial charge in [-0.2, -0.15) is 0 Å². The van der Waals surface area contributed by atoms with E-state index in [9.17, 15) is 4.79 Å². The van der Waals surface area contributed by atoms with Crippen LogP contribution in [-0.4, -0.2) is 49.2 Å². The monoisotopic (exact) mass is 226 g/mol. The van der Waals surface area contributed by atoms with Crippen LogP contribution in [0.3, 0.4) is 0 Å². The highest BCUT2D eigenvalue weighted by molar-refractivity contribution is 5.77. The minimum Gasteiger partial charge on any atom is -0.380 e. The molecule has 4 nitrogen and oxygen atoms in total. The van der Waals surface area contributed by atoms with E-state index in [-0.39, 0.29) is 0 Å². The largest absolute Gasteiger partial charge is 0.380 e. The van der Waals surface area contributed by atoms with Gasteiger partial charge in [0, 0.05) is 38.2 Å². The normalized spacial score (nSPS) is 27.7. The van der Waals surface area contributed by atoms with Crippen molar-refractivity contribution in [1.29, 1.82) is 0 Å². The van der Waals surface area contributed by atoms with E-state index in [1.54, 1.807) is 0 Å². The van der Waals surface area contributed by atoms with Gasteiger partial charge < -0.3 is 15.0 Å². The molecule has 0 aromatic carbocycles. The molecule has 92 valence electrons. The highest BCUT2D eigenvalue weighted by Gasteiger charge is 2.21. The molecule has 0 aliphatic carbocycles. The molecule has 2 saturated heterocycles. The Morgan fingerprint density at radius 3 is 3.12 bits per heavy atom. The Morgan fingerprint density at radius 2 is 2.50 bits per heavy atom. The molecule has 4 heteroatoms. The van der Waals surface area contributed by atoms with Crippen LogP contribution >= 0.6 is 0 Å². The van der Waals surface area contributed by atoms with Crippen molar-refractivity contribution >= 4 is 5.91 Å². The smallest absolute Gasteiger partial charge is 0.222 e. The van der Waals surface area contributed by atoms with Crippen molar-refractivity contribution in [2.45, 2.75) is 44.7 Å². The Labute approximate surface area is 97.3 Å².